The molecule has 6 heteroatoms. The van der Waals surface area contributed by atoms with Crippen molar-refractivity contribution in [3.63, 3.8) is 0 Å². The van der Waals surface area contributed by atoms with Gasteiger partial charge in [0, 0.05) is 30.8 Å². The van der Waals surface area contributed by atoms with Crippen molar-refractivity contribution < 1.29 is 14.3 Å². The van der Waals surface area contributed by atoms with Crippen LogP contribution in [0.1, 0.15) is 40.8 Å². The van der Waals surface area contributed by atoms with Crippen molar-refractivity contribution in [1.82, 2.24) is 9.88 Å². The first-order valence-corrected chi connectivity index (χ1v) is 9.07. The fraction of sp³-hybridized carbons (Fsp3) is 0.444. The third-order valence-corrected chi connectivity index (χ3v) is 5.32. The number of thiazole rings is 1. The van der Waals surface area contributed by atoms with Crippen LogP contribution in [0.3, 0.4) is 0 Å². The Kier molecular flexibility index (Phi) is 5.26. The van der Waals surface area contributed by atoms with Crippen LogP contribution in [-0.4, -0.2) is 40.1 Å². The molecule has 24 heavy (non-hydrogen) atoms. The summed E-state index contributed by atoms with van der Waals surface area (Å²) in [6.07, 6.45) is 2.06. The summed E-state index contributed by atoms with van der Waals surface area (Å²) >= 11 is 1.45. The van der Waals surface area contributed by atoms with E-state index in [2.05, 4.69) is 4.98 Å². The third-order valence-electron chi connectivity index (χ3n) is 4.47. The van der Waals surface area contributed by atoms with Gasteiger partial charge >= 0.3 is 0 Å². The first-order chi connectivity index (χ1) is 11.5. The molecule has 4 nitrogen and oxygen atoms in total. The molecule has 0 spiro atoms. The number of rotatable bonds is 4. The fourth-order valence-electron chi connectivity index (χ4n) is 3.02. The molecule has 1 fully saturated rings. The van der Waals surface area contributed by atoms with E-state index in [1.54, 1.807) is 29.3 Å². The molecular weight excluding hydrogens is 327 g/mol. The second-order valence-electron chi connectivity index (χ2n) is 6.32. The van der Waals surface area contributed by atoms with Gasteiger partial charge in [-0.15, -0.1) is 11.3 Å². The first kappa shape index (κ1) is 17.0. The van der Waals surface area contributed by atoms with Crippen LogP contribution in [0.5, 0.6) is 0 Å². The van der Waals surface area contributed by atoms with Gasteiger partial charge in [-0.2, -0.15) is 0 Å². The summed E-state index contributed by atoms with van der Waals surface area (Å²) in [5.74, 6) is -0.187. The summed E-state index contributed by atoms with van der Waals surface area (Å²) in [5.41, 5.74) is 1.43. The fourth-order valence-corrected chi connectivity index (χ4v) is 3.82. The highest BCUT2D eigenvalue weighted by Crippen LogP contribution is 2.22. The summed E-state index contributed by atoms with van der Waals surface area (Å²) in [7, 11) is 0. The van der Waals surface area contributed by atoms with Gasteiger partial charge in [-0.05, 0) is 37.5 Å². The van der Waals surface area contributed by atoms with Gasteiger partial charge in [-0.25, -0.2) is 9.37 Å². The average molecular weight is 348 g/mol. The maximum Gasteiger partial charge on any atom is 0.273 e. The molecule has 1 amide bonds. The Morgan fingerprint density at radius 2 is 2.21 bits per heavy atom. The number of carbonyl (C=O) groups excluding carboxylic acids is 1. The SMILES string of the molecule is CC(O)C1CCCN(C(=O)c2csc(Cc3ccc(F)cc3)n2)C1. The van der Waals surface area contributed by atoms with E-state index in [0.29, 0.717) is 25.2 Å². The van der Waals surface area contributed by atoms with Crippen molar-refractivity contribution in [3.8, 4) is 0 Å². The molecule has 0 radical (unpaired) electrons. The van der Waals surface area contributed by atoms with Crippen LogP contribution in [0.15, 0.2) is 29.6 Å². The van der Waals surface area contributed by atoms with E-state index in [0.717, 1.165) is 23.4 Å². The van der Waals surface area contributed by atoms with Crippen molar-refractivity contribution in [1.29, 1.82) is 0 Å². The standard InChI is InChI=1S/C18H21FN2O2S/c1-12(22)14-3-2-8-21(10-14)18(23)16-11-24-17(20-16)9-13-4-6-15(19)7-5-13/h4-7,11-12,14,22H,2-3,8-10H2,1H3. The molecule has 1 aliphatic rings. The molecule has 2 atom stereocenters. The lowest BCUT2D eigenvalue weighted by molar-refractivity contribution is 0.0462. The van der Waals surface area contributed by atoms with Crippen LogP contribution in [0.4, 0.5) is 4.39 Å². The van der Waals surface area contributed by atoms with Gasteiger partial charge in [-0.3, -0.25) is 4.79 Å². The van der Waals surface area contributed by atoms with Crippen molar-refractivity contribution in [2.45, 2.75) is 32.3 Å². The van der Waals surface area contributed by atoms with E-state index in [4.69, 9.17) is 0 Å². The van der Waals surface area contributed by atoms with Gasteiger partial charge in [-0.1, -0.05) is 12.1 Å². The first-order valence-electron chi connectivity index (χ1n) is 8.19. The highest BCUT2D eigenvalue weighted by molar-refractivity contribution is 7.09. The molecule has 3 rings (SSSR count). The zero-order valence-electron chi connectivity index (χ0n) is 13.6. The quantitative estimate of drug-likeness (QED) is 0.924. The number of benzene rings is 1. The molecular formula is C18H21FN2O2S. The number of aromatic nitrogens is 1. The predicted molar refractivity (Wildman–Crippen MR) is 91.6 cm³/mol. The molecule has 128 valence electrons. The van der Waals surface area contributed by atoms with E-state index in [1.165, 1.54) is 23.5 Å². The molecule has 0 saturated carbocycles. The Morgan fingerprint density at radius 1 is 1.46 bits per heavy atom. The predicted octanol–water partition coefficient (Wildman–Crippen LogP) is 3.11. The monoisotopic (exact) mass is 348 g/mol. The minimum Gasteiger partial charge on any atom is -0.393 e. The molecule has 0 bridgehead atoms. The largest absolute Gasteiger partial charge is 0.393 e. The lowest BCUT2D eigenvalue weighted by Crippen LogP contribution is -2.43. The van der Waals surface area contributed by atoms with E-state index in [9.17, 15) is 14.3 Å². The number of carbonyl (C=O) groups is 1. The average Bonchev–Trinajstić information content (AvgIpc) is 3.05. The number of amides is 1. The zero-order valence-corrected chi connectivity index (χ0v) is 14.4. The Bertz CT molecular complexity index is 699. The topological polar surface area (TPSA) is 53.4 Å². The second kappa shape index (κ2) is 7.40. The minimum atomic E-state index is -0.398. The summed E-state index contributed by atoms with van der Waals surface area (Å²) in [5, 5.41) is 12.4. The van der Waals surface area contributed by atoms with Crippen molar-refractivity contribution in [3.05, 3.63) is 51.7 Å². The summed E-state index contributed by atoms with van der Waals surface area (Å²) < 4.78 is 12.9. The number of nitrogens with zero attached hydrogens (tertiary/aromatic N) is 2. The van der Waals surface area contributed by atoms with E-state index in [1.807, 2.05) is 0 Å². The number of hydrogen-bond donors (Lipinski definition) is 1. The molecule has 1 N–H and O–H groups in total. The number of aliphatic hydroxyl groups excluding tert-OH is 1. The third kappa shape index (κ3) is 3.99. The number of aliphatic hydroxyl groups is 1. The lowest BCUT2D eigenvalue weighted by atomic mass is 9.93. The summed E-state index contributed by atoms with van der Waals surface area (Å²) in [6, 6.07) is 6.32. The number of hydrogen-bond acceptors (Lipinski definition) is 4. The van der Waals surface area contributed by atoms with Crippen LogP contribution < -0.4 is 0 Å². The number of piperidine rings is 1. The van der Waals surface area contributed by atoms with Gasteiger partial charge < -0.3 is 10.0 Å². The maximum atomic E-state index is 12.9. The van der Waals surface area contributed by atoms with Gasteiger partial charge in [0.15, 0.2) is 0 Å². The molecule has 1 aliphatic heterocycles. The zero-order chi connectivity index (χ0) is 17.1. The second-order valence-corrected chi connectivity index (χ2v) is 7.27. The molecule has 1 aromatic heterocycles. The van der Waals surface area contributed by atoms with Crippen LogP contribution in [0.2, 0.25) is 0 Å². The van der Waals surface area contributed by atoms with Crippen LogP contribution >= 0.6 is 11.3 Å². The number of halogens is 1. The van der Waals surface area contributed by atoms with Gasteiger partial charge in [0.05, 0.1) is 11.1 Å². The van der Waals surface area contributed by atoms with Crippen molar-refractivity contribution in [2.75, 3.05) is 13.1 Å². The van der Waals surface area contributed by atoms with Crippen LogP contribution in [0, 0.1) is 11.7 Å². The van der Waals surface area contributed by atoms with E-state index >= 15 is 0 Å². The molecule has 2 aromatic rings. The Balaban J connectivity index is 1.66. The smallest absolute Gasteiger partial charge is 0.273 e. The maximum absolute atomic E-state index is 12.9. The molecule has 0 aliphatic carbocycles. The molecule has 2 unspecified atom stereocenters. The van der Waals surface area contributed by atoms with Crippen LogP contribution in [0.25, 0.3) is 0 Å². The van der Waals surface area contributed by atoms with Gasteiger partial charge in [0.25, 0.3) is 5.91 Å². The van der Waals surface area contributed by atoms with Gasteiger partial charge in [0.1, 0.15) is 11.5 Å². The molecule has 1 aromatic carbocycles. The van der Waals surface area contributed by atoms with Gasteiger partial charge in [0.2, 0.25) is 0 Å². The van der Waals surface area contributed by atoms with E-state index in [-0.39, 0.29) is 17.6 Å². The normalized spacial score (nSPS) is 19.3. The Morgan fingerprint density at radius 3 is 2.92 bits per heavy atom. The highest BCUT2D eigenvalue weighted by atomic mass is 32.1. The van der Waals surface area contributed by atoms with E-state index < -0.39 is 6.10 Å². The summed E-state index contributed by atoms with van der Waals surface area (Å²) in [6.45, 7) is 3.08. The minimum absolute atomic E-state index is 0.0676. The Hall–Kier alpha value is -1.79. The van der Waals surface area contributed by atoms with Crippen LogP contribution in [-0.2, 0) is 6.42 Å². The lowest BCUT2D eigenvalue weighted by Gasteiger charge is -2.33. The molecule has 2 heterocycles. The summed E-state index contributed by atoms with van der Waals surface area (Å²) in [4.78, 5) is 18.9. The Labute approximate surface area is 145 Å². The molecule has 1 saturated heterocycles. The van der Waals surface area contributed by atoms with Crippen molar-refractivity contribution in [2.24, 2.45) is 5.92 Å². The van der Waals surface area contributed by atoms with Crippen molar-refractivity contribution >= 4 is 17.2 Å². The number of likely N-dealkylation sites (tertiary alicyclic amines) is 1. The highest BCUT2D eigenvalue weighted by Gasteiger charge is 2.28.